The smallest absolute Gasteiger partial charge is 0.344 e. The van der Waals surface area contributed by atoms with Crippen LogP contribution < -0.4 is 4.74 Å². The van der Waals surface area contributed by atoms with E-state index in [9.17, 15) is 14.4 Å². The Labute approximate surface area is 169 Å². The molecule has 29 heavy (non-hydrogen) atoms. The van der Waals surface area contributed by atoms with Crippen LogP contribution in [-0.2, 0) is 14.3 Å². The van der Waals surface area contributed by atoms with E-state index in [4.69, 9.17) is 14.2 Å². The van der Waals surface area contributed by atoms with Gasteiger partial charge >= 0.3 is 5.97 Å². The molecule has 0 aliphatic carbocycles. The SMILES string of the molecule is CCOC(=O)COc1ccc(C(CN2C(=O)c3ccccc3C2=O)OCC)cc1. The van der Waals surface area contributed by atoms with Crippen molar-refractivity contribution in [3.05, 3.63) is 65.2 Å². The van der Waals surface area contributed by atoms with E-state index in [0.717, 1.165) is 5.56 Å². The second-order valence-electron chi connectivity index (χ2n) is 6.37. The third kappa shape index (κ3) is 4.63. The van der Waals surface area contributed by atoms with Gasteiger partial charge in [-0.25, -0.2) is 4.79 Å². The molecule has 0 spiro atoms. The van der Waals surface area contributed by atoms with Crippen LogP contribution in [0.5, 0.6) is 5.75 Å². The highest BCUT2D eigenvalue weighted by Crippen LogP contribution is 2.27. The van der Waals surface area contributed by atoms with E-state index in [1.165, 1.54) is 4.90 Å². The van der Waals surface area contributed by atoms with Gasteiger partial charge in [-0.05, 0) is 43.7 Å². The lowest BCUT2D eigenvalue weighted by Gasteiger charge is -2.23. The number of hydrogen-bond acceptors (Lipinski definition) is 6. The average Bonchev–Trinajstić information content (AvgIpc) is 2.97. The van der Waals surface area contributed by atoms with Gasteiger partial charge in [0, 0.05) is 6.61 Å². The normalized spacial score (nSPS) is 13.9. The number of nitrogens with zero attached hydrogens (tertiary/aromatic N) is 1. The molecule has 2 amide bonds. The standard InChI is InChI=1S/C22H23NO6/c1-3-27-19(13-23-21(25)17-7-5-6-8-18(17)22(23)26)15-9-11-16(12-10-15)29-14-20(24)28-4-2/h5-12,19H,3-4,13-14H2,1-2H3. The summed E-state index contributed by atoms with van der Waals surface area (Å²) in [6.07, 6.45) is -0.471. The minimum atomic E-state index is -0.471. The summed E-state index contributed by atoms with van der Waals surface area (Å²) in [6.45, 7) is 4.26. The number of carbonyl (C=O) groups is 3. The molecule has 0 saturated carbocycles. The third-order valence-corrected chi connectivity index (χ3v) is 4.51. The zero-order valence-electron chi connectivity index (χ0n) is 16.4. The number of ether oxygens (including phenoxy) is 3. The van der Waals surface area contributed by atoms with Gasteiger partial charge in [-0.3, -0.25) is 14.5 Å². The van der Waals surface area contributed by atoms with Crippen LogP contribution >= 0.6 is 0 Å². The van der Waals surface area contributed by atoms with Crippen LogP contribution in [0.15, 0.2) is 48.5 Å². The predicted octanol–water partition coefficient (Wildman–Crippen LogP) is 3.00. The summed E-state index contributed by atoms with van der Waals surface area (Å²) >= 11 is 0. The molecule has 2 aromatic carbocycles. The number of fused-ring (bicyclic) bond motifs is 1. The highest BCUT2D eigenvalue weighted by molar-refractivity contribution is 6.21. The van der Waals surface area contributed by atoms with Gasteiger partial charge in [-0.15, -0.1) is 0 Å². The second-order valence-corrected chi connectivity index (χ2v) is 6.37. The van der Waals surface area contributed by atoms with Crippen molar-refractivity contribution in [1.82, 2.24) is 4.90 Å². The largest absolute Gasteiger partial charge is 0.482 e. The summed E-state index contributed by atoms with van der Waals surface area (Å²) in [5, 5.41) is 0. The Bertz CT molecular complexity index is 857. The lowest BCUT2D eigenvalue weighted by Crippen LogP contribution is -2.34. The van der Waals surface area contributed by atoms with Crippen molar-refractivity contribution in [2.75, 3.05) is 26.4 Å². The van der Waals surface area contributed by atoms with Crippen molar-refractivity contribution in [1.29, 1.82) is 0 Å². The van der Waals surface area contributed by atoms with Crippen LogP contribution in [0.4, 0.5) is 0 Å². The Morgan fingerprint density at radius 3 is 2.10 bits per heavy atom. The summed E-state index contributed by atoms with van der Waals surface area (Å²) < 4.78 is 16.0. The van der Waals surface area contributed by atoms with Crippen LogP contribution in [-0.4, -0.2) is 49.0 Å². The molecule has 0 aromatic heterocycles. The first-order valence-corrected chi connectivity index (χ1v) is 9.50. The first-order valence-electron chi connectivity index (χ1n) is 9.50. The predicted molar refractivity (Wildman–Crippen MR) is 105 cm³/mol. The number of imide groups is 1. The molecule has 7 heteroatoms. The van der Waals surface area contributed by atoms with Crippen LogP contribution in [0.1, 0.15) is 46.2 Å². The number of benzene rings is 2. The summed E-state index contributed by atoms with van der Waals surface area (Å²) in [4.78, 5) is 37.8. The lowest BCUT2D eigenvalue weighted by molar-refractivity contribution is -0.145. The fraction of sp³-hybridized carbons (Fsp3) is 0.318. The molecular formula is C22H23NO6. The Morgan fingerprint density at radius 1 is 0.931 bits per heavy atom. The average molecular weight is 397 g/mol. The zero-order chi connectivity index (χ0) is 20.8. The Hall–Kier alpha value is -3.19. The van der Waals surface area contributed by atoms with E-state index >= 15 is 0 Å². The topological polar surface area (TPSA) is 82.1 Å². The van der Waals surface area contributed by atoms with Crippen molar-refractivity contribution in [3.8, 4) is 5.75 Å². The molecule has 7 nitrogen and oxygen atoms in total. The molecule has 1 atom stereocenters. The van der Waals surface area contributed by atoms with Crippen LogP contribution in [0.3, 0.4) is 0 Å². The maximum Gasteiger partial charge on any atom is 0.344 e. The van der Waals surface area contributed by atoms with Crippen molar-refractivity contribution < 1.29 is 28.6 Å². The van der Waals surface area contributed by atoms with Crippen molar-refractivity contribution in [3.63, 3.8) is 0 Å². The third-order valence-electron chi connectivity index (χ3n) is 4.51. The molecule has 0 saturated heterocycles. The monoisotopic (exact) mass is 397 g/mol. The molecule has 1 aliphatic heterocycles. The van der Waals surface area contributed by atoms with Crippen molar-refractivity contribution in [2.24, 2.45) is 0 Å². The minimum absolute atomic E-state index is 0.114. The molecule has 1 heterocycles. The number of hydrogen-bond donors (Lipinski definition) is 0. The van der Waals surface area contributed by atoms with Crippen LogP contribution in [0, 0.1) is 0 Å². The molecule has 0 radical (unpaired) electrons. The van der Waals surface area contributed by atoms with Crippen LogP contribution in [0.25, 0.3) is 0 Å². The first kappa shape index (κ1) is 20.5. The maximum absolute atomic E-state index is 12.6. The Morgan fingerprint density at radius 2 is 1.55 bits per heavy atom. The Kier molecular flexibility index (Phi) is 6.61. The number of rotatable bonds is 9. The second kappa shape index (κ2) is 9.34. The highest BCUT2D eigenvalue weighted by Gasteiger charge is 2.36. The molecule has 1 unspecified atom stereocenters. The van der Waals surface area contributed by atoms with E-state index in [1.807, 2.05) is 6.92 Å². The van der Waals surface area contributed by atoms with Crippen molar-refractivity contribution >= 4 is 17.8 Å². The molecule has 0 fully saturated rings. The van der Waals surface area contributed by atoms with Gasteiger partial charge in [0.25, 0.3) is 11.8 Å². The fourth-order valence-electron chi connectivity index (χ4n) is 3.15. The summed E-state index contributed by atoms with van der Waals surface area (Å²) in [5.41, 5.74) is 1.62. The molecule has 1 aliphatic rings. The Balaban J connectivity index is 1.69. The van der Waals surface area contributed by atoms with Gasteiger partial charge in [-0.1, -0.05) is 24.3 Å². The van der Waals surface area contributed by atoms with E-state index in [2.05, 4.69) is 0 Å². The first-order chi connectivity index (χ1) is 14.0. The molecule has 2 aromatic rings. The van der Waals surface area contributed by atoms with E-state index < -0.39 is 12.1 Å². The van der Waals surface area contributed by atoms with Gasteiger partial charge in [-0.2, -0.15) is 0 Å². The van der Waals surface area contributed by atoms with Gasteiger partial charge in [0.1, 0.15) is 11.9 Å². The van der Waals surface area contributed by atoms with E-state index in [0.29, 0.717) is 30.1 Å². The van der Waals surface area contributed by atoms with Crippen LogP contribution in [0.2, 0.25) is 0 Å². The summed E-state index contributed by atoms with van der Waals surface area (Å²) in [5.74, 6) is -0.554. The van der Waals surface area contributed by atoms with Gasteiger partial charge in [0.2, 0.25) is 0 Å². The number of carbonyl (C=O) groups excluding carboxylic acids is 3. The number of esters is 1. The van der Waals surface area contributed by atoms with E-state index in [1.54, 1.807) is 55.5 Å². The number of amides is 2. The summed E-state index contributed by atoms with van der Waals surface area (Å²) in [7, 11) is 0. The van der Waals surface area contributed by atoms with E-state index in [-0.39, 0.29) is 25.0 Å². The lowest BCUT2D eigenvalue weighted by atomic mass is 10.1. The summed E-state index contributed by atoms with van der Waals surface area (Å²) in [6, 6.07) is 13.8. The quantitative estimate of drug-likeness (QED) is 0.478. The van der Waals surface area contributed by atoms with Gasteiger partial charge < -0.3 is 14.2 Å². The molecule has 152 valence electrons. The maximum atomic E-state index is 12.6. The fourth-order valence-corrected chi connectivity index (χ4v) is 3.15. The molecule has 0 N–H and O–H groups in total. The molecular weight excluding hydrogens is 374 g/mol. The minimum Gasteiger partial charge on any atom is -0.482 e. The van der Waals surface area contributed by atoms with Gasteiger partial charge in [0.05, 0.1) is 24.3 Å². The zero-order valence-corrected chi connectivity index (χ0v) is 16.4. The van der Waals surface area contributed by atoms with Crippen molar-refractivity contribution in [2.45, 2.75) is 20.0 Å². The molecule has 3 rings (SSSR count). The molecule has 0 bridgehead atoms. The van der Waals surface area contributed by atoms with Gasteiger partial charge in [0.15, 0.2) is 6.61 Å². The highest BCUT2D eigenvalue weighted by atomic mass is 16.6.